The Labute approximate surface area is 89.2 Å². The minimum atomic E-state index is -1.03. The average Bonchev–Trinajstić information content (AvgIpc) is 2.17. The summed E-state index contributed by atoms with van der Waals surface area (Å²) in [5.41, 5.74) is 2.33. The molecule has 4 heteroatoms. The number of aliphatic hydroxyl groups is 3. The number of hydrogen-bond acceptors (Lipinski definition) is 4. The van der Waals surface area contributed by atoms with Gasteiger partial charge in [0.05, 0.1) is 11.8 Å². The fraction of sp³-hybridized carbons (Fsp3) is 0.545. The lowest BCUT2D eigenvalue weighted by molar-refractivity contribution is 0.00154. The molecule has 15 heavy (non-hydrogen) atoms. The zero-order chi connectivity index (χ0) is 11.4. The highest BCUT2D eigenvalue weighted by Crippen LogP contribution is 2.20. The average molecular weight is 211 g/mol. The maximum absolute atomic E-state index is 9.77. The molecule has 0 saturated heterocycles. The lowest BCUT2D eigenvalue weighted by atomic mass is 10.0. The Morgan fingerprint density at radius 3 is 2.53 bits per heavy atom. The Hall–Kier alpha value is -0.970. The van der Waals surface area contributed by atoms with Crippen LogP contribution in [0.5, 0.6) is 0 Å². The van der Waals surface area contributed by atoms with Crippen molar-refractivity contribution in [2.75, 3.05) is 6.61 Å². The summed E-state index contributed by atoms with van der Waals surface area (Å²) in [5, 5.41) is 27.9. The van der Waals surface area contributed by atoms with Gasteiger partial charge in [0.25, 0.3) is 0 Å². The van der Waals surface area contributed by atoms with Crippen molar-refractivity contribution in [2.24, 2.45) is 0 Å². The predicted octanol–water partition coefficient (Wildman–Crippen LogP) is 0.475. The molecule has 0 aliphatic heterocycles. The Morgan fingerprint density at radius 1 is 1.33 bits per heavy atom. The first kappa shape index (κ1) is 12.1. The van der Waals surface area contributed by atoms with E-state index in [1.165, 1.54) is 0 Å². The molecule has 3 N–H and O–H groups in total. The summed E-state index contributed by atoms with van der Waals surface area (Å²) in [6.45, 7) is 3.60. The molecule has 0 bridgehead atoms. The largest absolute Gasteiger partial charge is 0.396 e. The van der Waals surface area contributed by atoms with E-state index in [0.29, 0.717) is 5.69 Å². The van der Waals surface area contributed by atoms with Crippen molar-refractivity contribution in [3.8, 4) is 0 Å². The molecule has 1 aromatic heterocycles. The molecular weight excluding hydrogens is 194 g/mol. The van der Waals surface area contributed by atoms with E-state index in [9.17, 15) is 10.2 Å². The van der Waals surface area contributed by atoms with Gasteiger partial charge in [0, 0.05) is 12.8 Å². The van der Waals surface area contributed by atoms with E-state index >= 15 is 0 Å². The van der Waals surface area contributed by atoms with Gasteiger partial charge < -0.3 is 15.3 Å². The van der Waals surface area contributed by atoms with E-state index in [2.05, 4.69) is 4.98 Å². The fourth-order valence-corrected chi connectivity index (χ4v) is 1.51. The quantitative estimate of drug-likeness (QED) is 0.677. The first-order chi connectivity index (χ1) is 7.06. The third kappa shape index (κ3) is 2.99. The van der Waals surface area contributed by atoms with Crippen LogP contribution in [0.25, 0.3) is 0 Å². The van der Waals surface area contributed by atoms with Crippen LogP contribution in [0, 0.1) is 13.8 Å². The van der Waals surface area contributed by atoms with Gasteiger partial charge in [-0.3, -0.25) is 4.98 Å². The van der Waals surface area contributed by atoms with Gasteiger partial charge in [-0.15, -0.1) is 0 Å². The minimum absolute atomic E-state index is 0.149. The van der Waals surface area contributed by atoms with E-state index in [0.717, 1.165) is 11.1 Å². The standard InChI is InChI=1S/C11H17NO3/c1-7-5-8(2)10(12-6-7)11(15)9(14)3-4-13/h5-6,9,11,13-15H,3-4H2,1-2H3. The summed E-state index contributed by atoms with van der Waals surface area (Å²) in [7, 11) is 0. The third-order valence-corrected chi connectivity index (χ3v) is 2.32. The summed E-state index contributed by atoms with van der Waals surface area (Å²) < 4.78 is 0. The van der Waals surface area contributed by atoms with Crippen LogP contribution >= 0.6 is 0 Å². The molecule has 0 spiro atoms. The highest BCUT2D eigenvalue weighted by Gasteiger charge is 2.20. The van der Waals surface area contributed by atoms with Crippen molar-refractivity contribution in [1.29, 1.82) is 0 Å². The van der Waals surface area contributed by atoms with E-state index < -0.39 is 12.2 Å². The number of nitrogens with zero attached hydrogens (tertiary/aromatic N) is 1. The van der Waals surface area contributed by atoms with Gasteiger partial charge in [-0.2, -0.15) is 0 Å². The molecule has 0 amide bonds. The molecule has 4 nitrogen and oxygen atoms in total. The maximum Gasteiger partial charge on any atom is 0.122 e. The fourth-order valence-electron chi connectivity index (χ4n) is 1.51. The van der Waals surface area contributed by atoms with Crippen molar-refractivity contribution in [2.45, 2.75) is 32.5 Å². The molecule has 2 unspecified atom stereocenters. The van der Waals surface area contributed by atoms with Crippen LogP contribution in [-0.4, -0.2) is 33.0 Å². The molecule has 1 rings (SSSR count). The number of rotatable bonds is 4. The van der Waals surface area contributed by atoms with Crippen molar-refractivity contribution in [3.05, 3.63) is 29.1 Å². The number of aryl methyl sites for hydroxylation is 2. The SMILES string of the molecule is Cc1cnc(C(O)C(O)CCO)c(C)c1. The smallest absolute Gasteiger partial charge is 0.122 e. The Bertz CT molecular complexity index is 328. The van der Waals surface area contributed by atoms with Crippen LogP contribution in [0.3, 0.4) is 0 Å². The van der Waals surface area contributed by atoms with Crippen LogP contribution in [0.4, 0.5) is 0 Å². The van der Waals surface area contributed by atoms with Crippen LogP contribution in [0.2, 0.25) is 0 Å². The Kier molecular flexibility index (Phi) is 4.20. The first-order valence-electron chi connectivity index (χ1n) is 4.96. The molecule has 0 saturated carbocycles. The highest BCUT2D eigenvalue weighted by molar-refractivity contribution is 5.25. The lowest BCUT2D eigenvalue weighted by Crippen LogP contribution is -2.21. The van der Waals surface area contributed by atoms with Crippen LogP contribution in [-0.2, 0) is 0 Å². The Morgan fingerprint density at radius 2 is 2.00 bits per heavy atom. The highest BCUT2D eigenvalue weighted by atomic mass is 16.3. The molecule has 0 aromatic carbocycles. The van der Waals surface area contributed by atoms with Gasteiger partial charge >= 0.3 is 0 Å². The zero-order valence-electron chi connectivity index (χ0n) is 9.01. The predicted molar refractivity (Wildman–Crippen MR) is 56.4 cm³/mol. The molecule has 1 aromatic rings. The topological polar surface area (TPSA) is 73.6 Å². The van der Waals surface area contributed by atoms with E-state index in [1.807, 2.05) is 19.9 Å². The van der Waals surface area contributed by atoms with Gasteiger partial charge in [0.15, 0.2) is 0 Å². The summed E-state index contributed by atoms with van der Waals surface area (Å²) in [6.07, 6.45) is -0.199. The van der Waals surface area contributed by atoms with E-state index in [1.54, 1.807) is 6.20 Å². The second-order valence-corrected chi connectivity index (χ2v) is 3.74. The summed E-state index contributed by atoms with van der Waals surface area (Å²) in [4.78, 5) is 4.09. The second kappa shape index (κ2) is 5.21. The number of aromatic nitrogens is 1. The van der Waals surface area contributed by atoms with Gasteiger partial charge in [0.1, 0.15) is 6.10 Å². The molecule has 0 aliphatic rings. The van der Waals surface area contributed by atoms with Crippen LogP contribution in [0.15, 0.2) is 12.3 Å². The molecule has 0 radical (unpaired) electrons. The van der Waals surface area contributed by atoms with Crippen LogP contribution < -0.4 is 0 Å². The van der Waals surface area contributed by atoms with E-state index in [-0.39, 0.29) is 13.0 Å². The summed E-state index contributed by atoms with van der Waals surface area (Å²) in [5.74, 6) is 0. The summed E-state index contributed by atoms with van der Waals surface area (Å²) >= 11 is 0. The molecule has 0 fully saturated rings. The Balaban J connectivity index is 2.86. The van der Waals surface area contributed by atoms with Gasteiger partial charge in [-0.05, 0) is 31.4 Å². The van der Waals surface area contributed by atoms with Gasteiger partial charge in [-0.1, -0.05) is 6.07 Å². The molecular formula is C11H17NO3. The van der Waals surface area contributed by atoms with Crippen molar-refractivity contribution in [3.63, 3.8) is 0 Å². The van der Waals surface area contributed by atoms with Crippen molar-refractivity contribution < 1.29 is 15.3 Å². The number of aliphatic hydroxyl groups excluding tert-OH is 3. The lowest BCUT2D eigenvalue weighted by Gasteiger charge is -2.18. The summed E-state index contributed by atoms with van der Waals surface area (Å²) in [6, 6.07) is 1.90. The van der Waals surface area contributed by atoms with E-state index in [4.69, 9.17) is 5.11 Å². The minimum Gasteiger partial charge on any atom is -0.396 e. The zero-order valence-corrected chi connectivity index (χ0v) is 9.01. The number of pyridine rings is 1. The van der Waals surface area contributed by atoms with Crippen LogP contribution in [0.1, 0.15) is 29.3 Å². The maximum atomic E-state index is 9.77. The van der Waals surface area contributed by atoms with Gasteiger partial charge in [-0.25, -0.2) is 0 Å². The monoisotopic (exact) mass is 211 g/mol. The molecule has 1 heterocycles. The third-order valence-electron chi connectivity index (χ3n) is 2.32. The molecule has 2 atom stereocenters. The van der Waals surface area contributed by atoms with Gasteiger partial charge in [0.2, 0.25) is 0 Å². The number of hydrogen-bond donors (Lipinski definition) is 3. The normalized spacial score (nSPS) is 15.0. The first-order valence-corrected chi connectivity index (χ1v) is 4.96. The molecule has 0 aliphatic carbocycles. The molecule has 84 valence electrons. The van der Waals surface area contributed by atoms with Crippen molar-refractivity contribution >= 4 is 0 Å². The second-order valence-electron chi connectivity index (χ2n) is 3.74. The van der Waals surface area contributed by atoms with Crippen molar-refractivity contribution in [1.82, 2.24) is 4.98 Å².